The van der Waals surface area contributed by atoms with Crippen LogP contribution in [0.5, 0.6) is 0 Å². The highest BCUT2D eigenvalue weighted by Gasteiger charge is 2.29. The molecule has 0 saturated heterocycles. The molecule has 146 valence electrons. The molecule has 2 heterocycles. The largest absolute Gasteiger partial charge is 0.462 e. The summed E-state index contributed by atoms with van der Waals surface area (Å²) >= 11 is 0. The van der Waals surface area contributed by atoms with Gasteiger partial charge in [-0.3, -0.25) is 4.79 Å². The van der Waals surface area contributed by atoms with Crippen molar-refractivity contribution in [1.29, 1.82) is 0 Å². The zero-order chi connectivity index (χ0) is 20.3. The van der Waals surface area contributed by atoms with E-state index in [9.17, 15) is 14.4 Å². The lowest BCUT2D eigenvalue weighted by Crippen LogP contribution is -2.26. The van der Waals surface area contributed by atoms with Crippen LogP contribution in [0, 0.1) is 20.8 Å². The molecule has 0 amide bonds. The van der Waals surface area contributed by atoms with Crippen LogP contribution in [0.25, 0.3) is 0 Å². The highest BCUT2D eigenvalue weighted by molar-refractivity contribution is 6.04. The van der Waals surface area contributed by atoms with Crippen LogP contribution in [0.4, 0.5) is 0 Å². The molecule has 1 N–H and O–H groups in total. The first kappa shape index (κ1) is 20.4. The van der Waals surface area contributed by atoms with Crippen LogP contribution < -0.4 is 0 Å². The highest BCUT2D eigenvalue weighted by Crippen LogP contribution is 2.22. The molecule has 0 radical (unpaired) electrons. The van der Waals surface area contributed by atoms with Crippen molar-refractivity contribution in [3.8, 4) is 0 Å². The van der Waals surface area contributed by atoms with E-state index in [1.807, 2.05) is 6.92 Å². The first-order valence-electron chi connectivity index (χ1n) is 8.79. The van der Waals surface area contributed by atoms with Crippen LogP contribution in [0.2, 0.25) is 0 Å². The number of Topliss-reactive ketones (excluding diaryl/α,β-unsaturated/α-hetero) is 1. The number of aromatic nitrogens is 2. The molecule has 0 aliphatic heterocycles. The van der Waals surface area contributed by atoms with Gasteiger partial charge in [0.15, 0.2) is 6.10 Å². The fourth-order valence-electron chi connectivity index (χ4n) is 2.90. The zero-order valence-corrected chi connectivity index (χ0v) is 16.4. The number of ketones is 1. The molecule has 0 aliphatic rings. The summed E-state index contributed by atoms with van der Waals surface area (Å²) < 4.78 is 15.4. The Morgan fingerprint density at radius 2 is 1.78 bits per heavy atom. The summed E-state index contributed by atoms with van der Waals surface area (Å²) in [6.07, 6.45) is -0.551. The second-order valence-corrected chi connectivity index (χ2v) is 6.17. The molecule has 0 aliphatic carbocycles. The van der Waals surface area contributed by atoms with Gasteiger partial charge >= 0.3 is 11.9 Å². The van der Waals surface area contributed by atoms with Gasteiger partial charge in [-0.2, -0.15) is 0 Å². The number of hydrogen-bond donors (Lipinski definition) is 1. The molecule has 1 atom stereocenters. The van der Waals surface area contributed by atoms with E-state index < -0.39 is 23.8 Å². The molecule has 2 aromatic heterocycles. The summed E-state index contributed by atoms with van der Waals surface area (Å²) in [5.74, 6) is -1.27. The number of esters is 2. The number of aryl methyl sites for hydroxylation is 3. The van der Waals surface area contributed by atoms with Gasteiger partial charge < -0.3 is 19.0 Å². The molecule has 0 saturated carbocycles. The third-order valence-electron chi connectivity index (χ3n) is 4.29. The molecule has 2 rings (SSSR count). The van der Waals surface area contributed by atoms with Gasteiger partial charge in [0.1, 0.15) is 11.3 Å². The molecule has 8 heteroatoms. The van der Waals surface area contributed by atoms with Gasteiger partial charge in [0.2, 0.25) is 5.78 Å². The van der Waals surface area contributed by atoms with Crippen LogP contribution in [-0.4, -0.2) is 40.6 Å². The molecule has 27 heavy (non-hydrogen) atoms. The Kier molecular flexibility index (Phi) is 6.20. The lowest BCUT2D eigenvalue weighted by atomic mass is 10.1. The topological polar surface area (TPSA) is 111 Å². The van der Waals surface area contributed by atoms with Crippen molar-refractivity contribution in [3.05, 3.63) is 39.5 Å². The number of carbonyl (C=O) groups excluding carboxylic acids is 3. The molecule has 0 aromatic carbocycles. The highest BCUT2D eigenvalue weighted by atomic mass is 16.5. The Hall–Kier alpha value is -2.90. The van der Waals surface area contributed by atoms with E-state index in [0.29, 0.717) is 34.7 Å². The fourth-order valence-corrected chi connectivity index (χ4v) is 2.90. The molecule has 1 unspecified atom stereocenters. The Bertz CT molecular complexity index is 877. The van der Waals surface area contributed by atoms with Crippen molar-refractivity contribution < 1.29 is 28.4 Å². The normalized spacial score (nSPS) is 11.9. The summed E-state index contributed by atoms with van der Waals surface area (Å²) in [4.78, 5) is 40.2. The smallest absolute Gasteiger partial charge is 0.344 e. The second kappa shape index (κ2) is 8.20. The van der Waals surface area contributed by atoms with Crippen molar-refractivity contribution in [2.75, 3.05) is 6.61 Å². The van der Waals surface area contributed by atoms with Crippen molar-refractivity contribution in [2.24, 2.45) is 0 Å². The van der Waals surface area contributed by atoms with Crippen molar-refractivity contribution in [3.63, 3.8) is 0 Å². The van der Waals surface area contributed by atoms with E-state index in [2.05, 4.69) is 10.1 Å². The summed E-state index contributed by atoms with van der Waals surface area (Å²) in [5, 5.41) is 3.81. The van der Waals surface area contributed by atoms with Crippen LogP contribution in [0.1, 0.15) is 74.7 Å². The maximum absolute atomic E-state index is 12.8. The van der Waals surface area contributed by atoms with Gasteiger partial charge in [0, 0.05) is 5.69 Å². The lowest BCUT2D eigenvalue weighted by molar-refractivity contribution is 0.0314. The van der Waals surface area contributed by atoms with Gasteiger partial charge in [0.25, 0.3) is 0 Å². The zero-order valence-electron chi connectivity index (χ0n) is 16.4. The van der Waals surface area contributed by atoms with Gasteiger partial charge in [-0.05, 0) is 46.6 Å². The molecule has 0 bridgehead atoms. The standard InChI is InChI=1S/C19H24N2O6/c1-7-13-15(11(5)27-21-13)19(24)26-12(6)17(22)16-9(3)14(10(4)20-16)18(23)25-8-2/h12,20H,7-8H2,1-6H3. The van der Waals surface area contributed by atoms with Crippen molar-refractivity contribution in [1.82, 2.24) is 10.1 Å². The number of carbonyl (C=O) groups is 3. The number of aromatic amines is 1. The minimum Gasteiger partial charge on any atom is -0.462 e. The first-order chi connectivity index (χ1) is 12.7. The maximum atomic E-state index is 12.8. The SMILES string of the molecule is CCOC(=O)c1c(C)[nH]c(C(=O)C(C)OC(=O)c2c(CC)noc2C)c1C. The van der Waals surface area contributed by atoms with Crippen LogP contribution in [0.3, 0.4) is 0 Å². The summed E-state index contributed by atoms with van der Waals surface area (Å²) in [5.41, 5.74) is 2.25. The van der Waals surface area contributed by atoms with Crippen molar-refractivity contribution in [2.45, 2.75) is 54.1 Å². The number of ether oxygens (including phenoxy) is 2. The Labute approximate surface area is 157 Å². The van der Waals surface area contributed by atoms with Crippen LogP contribution in [-0.2, 0) is 15.9 Å². The predicted octanol–water partition coefficient (Wildman–Crippen LogP) is 3.10. The lowest BCUT2D eigenvalue weighted by Gasteiger charge is -2.12. The molecular weight excluding hydrogens is 352 g/mol. The van der Waals surface area contributed by atoms with Gasteiger partial charge in [0.05, 0.1) is 23.6 Å². The number of nitrogens with zero attached hydrogens (tertiary/aromatic N) is 1. The van der Waals surface area contributed by atoms with Gasteiger partial charge in [-0.15, -0.1) is 0 Å². The molecule has 2 aromatic rings. The molecule has 0 spiro atoms. The third-order valence-corrected chi connectivity index (χ3v) is 4.29. The minimum atomic E-state index is -1.05. The van der Waals surface area contributed by atoms with Gasteiger partial charge in [-0.25, -0.2) is 9.59 Å². The monoisotopic (exact) mass is 376 g/mol. The Morgan fingerprint density at radius 3 is 2.37 bits per heavy atom. The van der Waals surface area contributed by atoms with Crippen LogP contribution in [0.15, 0.2) is 4.52 Å². The quantitative estimate of drug-likeness (QED) is 0.584. The number of nitrogens with one attached hydrogen (secondary N) is 1. The van der Waals surface area contributed by atoms with Crippen molar-refractivity contribution >= 4 is 17.7 Å². The molecular formula is C19H24N2O6. The minimum absolute atomic E-state index is 0.216. The number of hydrogen-bond acceptors (Lipinski definition) is 7. The maximum Gasteiger partial charge on any atom is 0.344 e. The Morgan fingerprint density at radius 1 is 1.11 bits per heavy atom. The first-order valence-corrected chi connectivity index (χ1v) is 8.79. The van der Waals surface area contributed by atoms with E-state index in [4.69, 9.17) is 14.0 Å². The van der Waals surface area contributed by atoms with Gasteiger partial charge in [-0.1, -0.05) is 12.1 Å². The average molecular weight is 376 g/mol. The average Bonchev–Trinajstić information content (AvgIpc) is 3.13. The summed E-state index contributed by atoms with van der Waals surface area (Å²) in [7, 11) is 0. The molecule has 8 nitrogen and oxygen atoms in total. The fraction of sp³-hybridized carbons (Fsp3) is 0.474. The summed E-state index contributed by atoms with van der Waals surface area (Å²) in [6.45, 7) is 10.2. The second-order valence-electron chi connectivity index (χ2n) is 6.17. The van der Waals surface area contributed by atoms with E-state index in [1.54, 1.807) is 27.7 Å². The summed E-state index contributed by atoms with van der Waals surface area (Å²) in [6, 6.07) is 0. The predicted molar refractivity (Wildman–Crippen MR) is 96.0 cm³/mol. The van der Waals surface area contributed by atoms with E-state index in [-0.39, 0.29) is 17.9 Å². The number of H-pyrrole nitrogens is 1. The third kappa shape index (κ3) is 3.94. The Balaban J connectivity index is 2.23. The van der Waals surface area contributed by atoms with E-state index in [0.717, 1.165) is 0 Å². The van der Waals surface area contributed by atoms with E-state index in [1.165, 1.54) is 6.92 Å². The molecule has 0 fully saturated rings. The van der Waals surface area contributed by atoms with E-state index >= 15 is 0 Å². The van der Waals surface area contributed by atoms with Crippen LogP contribution >= 0.6 is 0 Å². The number of rotatable bonds is 7.